The van der Waals surface area contributed by atoms with Crippen molar-refractivity contribution in [3.63, 3.8) is 0 Å². The molecule has 6 heteroatoms. The van der Waals surface area contributed by atoms with Gasteiger partial charge in [0.15, 0.2) is 5.96 Å². The van der Waals surface area contributed by atoms with Crippen molar-refractivity contribution in [1.29, 1.82) is 0 Å². The lowest BCUT2D eigenvalue weighted by atomic mass is 10.3. The molecule has 0 aliphatic rings. The molecular formula is C16H25N5S. The number of rotatable bonds is 7. The van der Waals surface area contributed by atoms with Crippen molar-refractivity contribution in [2.24, 2.45) is 4.99 Å². The normalized spacial score (nSPS) is 11.7. The van der Waals surface area contributed by atoms with Gasteiger partial charge in [-0.3, -0.25) is 4.99 Å². The molecule has 0 unspecified atom stereocenters. The zero-order chi connectivity index (χ0) is 15.8. The van der Waals surface area contributed by atoms with E-state index in [0.717, 1.165) is 44.3 Å². The molecule has 0 radical (unpaired) electrons. The molecule has 0 saturated carbocycles. The summed E-state index contributed by atoms with van der Waals surface area (Å²) in [5.41, 5.74) is 1.33. The fourth-order valence-corrected chi connectivity index (χ4v) is 3.02. The van der Waals surface area contributed by atoms with Gasteiger partial charge in [-0.25, -0.2) is 4.98 Å². The van der Waals surface area contributed by atoms with E-state index in [1.807, 2.05) is 26.4 Å². The van der Waals surface area contributed by atoms with Crippen LogP contribution in [-0.2, 0) is 13.1 Å². The molecule has 5 nitrogen and oxygen atoms in total. The van der Waals surface area contributed by atoms with Gasteiger partial charge in [0.25, 0.3) is 0 Å². The fourth-order valence-electron chi connectivity index (χ4n) is 2.36. The molecule has 0 spiro atoms. The summed E-state index contributed by atoms with van der Waals surface area (Å²) in [5, 5.41) is 7.72. The third-order valence-electron chi connectivity index (χ3n) is 3.61. The van der Waals surface area contributed by atoms with Crippen LogP contribution in [0.4, 0.5) is 0 Å². The second-order valence-electron chi connectivity index (χ2n) is 5.34. The fraction of sp³-hybridized carbons (Fsp3) is 0.500. The van der Waals surface area contributed by atoms with Crippen molar-refractivity contribution in [2.45, 2.75) is 32.9 Å². The van der Waals surface area contributed by atoms with Crippen LogP contribution in [0.25, 0.3) is 0 Å². The highest BCUT2D eigenvalue weighted by Crippen LogP contribution is 2.08. The van der Waals surface area contributed by atoms with Crippen LogP contribution in [0, 0.1) is 6.92 Å². The van der Waals surface area contributed by atoms with Crippen LogP contribution in [0.5, 0.6) is 0 Å². The number of hydrogen-bond donors (Lipinski definition) is 1. The first-order valence-electron chi connectivity index (χ1n) is 7.61. The summed E-state index contributed by atoms with van der Waals surface area (Å²) in [4.78, 5) is 10.7. The van der Waals surface area contributed by atoms with Gasteiger partial charge in [0.05, 0.1) is 0 Å². The smallest absolute Gasteiger partial charge is 0.193 e. The van der Waals surface area contributed by atoms with Gasteiger partial charge < -0.3 is 14.8 Å². The Morgan fingerprint density at radius 2 is 2.32 bits per heavy atom. The molecule has 2 aromatic rings. The van der Waals surface area contributed by atoms with Crippen molar-refractivity contribution < 1.29 is 0 Å². The second-order valence-corrected chi connectivity index (χ2v) is 6.12. The Morgan fingerprint density at radius 1 is 1.45 bits per heavy atom. The third kappa shape index (κ3) is 4.87. The predicted octanol–water partition coefficient (Wildman–Crippen LogP) is 2.74. The van der Waals surface area contributed by atoms with Crippen molar-refractivity contribution in [3.8, 4) is 0 Å². The molecule has 0 saturated heterocycles. The maximum absolute atomic E-state index is 4.35. The van der Waals surface area contributed by atoms with E-state index in [4.69, 9.17) is 0 Å². The van der Waals surface area contributed by atoms with Crippen molar-refractivity contribution >= 4 is 17.3 Å². The van der Waals surface area contributed by atoms with Crippen LogP contribution in [0.1, 0.15) is 24.2 Å². The number of aromatic nitrogens is 2. The molecule has 0 amide bonds. The molecule has 0 aromatic carbocycles. The zero-order valence-corrected chi connectivity index (χ0v) is 14.4. The van der Waals surface area contributed by atoms with Gasteiger partial charge in [0, 0.05) is 46.1 Å². The summed E-state index contributed by atoms with van der Waals surface area (Å²) >= 11 is 1.73. The van der Waals surface area contributed by atoms with E-state index in [2.05, 4.69) is 48.6 Å². The number of unbranched alkanes of at least 4 members (excludes halogenated alkanes) is 1. The van der Waals surface area contributed by atoms with Crippen LogP contribution >= 0.6 is 11.3 Å². The van der Waals surface area contributed by atoms with Crippen LogP contribution in [0.2, 0.25) is 0 Å². The lowest BCUT2D eigenvalue weighted by molar-refractivity contribution is 0.473. The Kier molecular flexibility index (Phi) is 6.45. The van der Waals surface area contributed by atoms with Crippen LogP contribution in [0.3, 0.4) is 0 Å². The number of nitrogens with zero attached hydrogens (tertiary/aromatic N) is 4. The lowest BCUT2D eigenvalue weighted by Crippen LogP contribution is -2.38. The average molecular weight is 319 g/mol. The minimum absolute atomic E-state index is 0.886. The standard InChI is InChI=1S/C16H25N5S/c1-14-18-8-10-21(14)9-5-4-7-19-16(17-2)20(3)12-15-6-11-22-13-15/h6,8,10-11,13H,4-5,7,9,12H2,1-3H3,(H,17,19). The van der Waals surface area contributed by atoms with Gasteiger partial charge in [0.1, 0.15) is 5.82 Å². The van der Waals surface area contributed by atoms with Gasteiger partial charge in [-0.15, -0.1) is 0 Å². The molecule has 0 atom stereocenters. The molecular weight excluding hydrogens is 294 g/mol. The Bertz CT molecular complexity index is 573. The molecule has 0 fully saturated rings. The number of nitrogens with one attached hydrogen (secondary N) is 1. The topological polar surface area (TPSA) is 45.5 Å². The Balaban J connectivity index is 1.67. The molecule has 2 aromatic heterocycles. The number of guanidine groups is 1. The SMILES string of the molecule is CN=C(NCCCCn1ccnc1C)N(C)Cc1ccsc1. The average Bonchev–Trinajstić information content (AvgIpc) is 3.15. The van der Waals surface area contributed by atoms with Crippen LogP contribution < -0.4 is 5.32 Å². The summed E-state index contributed by atoms with van der Waals surface area (Å²) in [5.74, 6) is 2.03. The number of imidazole rings is 1. The van der Waals surface area contributed by atoms with E-state index < -0.39 is 0 Å². The van der Waals surface area contributed by atoms with Gasteiger partial charge in [0.2, 0.25) is 0 Å². The van der Waals surface area contributed by atoms with E-state index >= 15 is 0 Å². The Labute approximate surface area is 136 Å². The molecule has 2 rings (SSSR count). The lowest BCUT2D eigenvalue weighted by Gasteiger charge is -2.21. The van der Waals surface area contributed by atoms with Crippen LogP contribution in [0.15, 0.2) is 34.2 Å². The highest BCUT2D eigenvalue weighted by molar-refractivity contribution is 7.07. The molecule has 120 valence electrons. The van der Waals surface area contributed by atoms with Crippen molar-refractivity contribution in [2.75, 3.05) is 20.6 Å². The van der Waals surface area contributed by atoms with Gasteiger partial charge >= 0.3 is 0 Å². The molecule has 0 bridgehead atoms. The Hall–Kier alpha value is -1.82. The maximum atomic E-state index is 4.35. The molecule has 2 heterocycles. The number of aryl methyl sites for hydroxylation is 2. The summed E-state index contributed by atoms with van der Waals surface area (Å²) in [6, 6.07) is 2.15. The maximum Gasteiger partial charge on any atom is 0.193 e. The molecule has 1 N–H and O–H groups in total. The van der Waals surface area contributed by atoms with E-state index in [-0.39, 0.29) is 0 Å². The number of hydrogen-bond acceptors (Lipinski definition) is 3. The van der Waals surface area contributed by atoms with Gasteiger partial charge in [-0.05, 0) is 42.2 Å². The minimum Gasteiger partial charge on any atom is -0.356 e. The quantitative estimate of drug-likeness (QED) is 0.485. The minimum atomic E-state index is 0.886. The summed E-state index contributed by atoms with van der Waals surface area (Å²) in [6.07, 6.45) is 6.14. The first kappa shape index (κ1) is 16.5. The third-order valence-corrected chi connectivity index (χ3v) is 4.34. The highest BCUT2D eigenvalue weighted by atomic mass is 32.1. The first-order valence-corrected chi connectivity index (χ1v) is 8.55. The summed E-state index contributed by atoms with van der Waals surface area (Å²) < 4.78 is 2.19. The highest BCUT2D eigenvalue weighted by Gasteiger charge is 2.06. The number of aliphatic imine (C=N–C) groups is 1. The molecule has 0 aliphatic heterocycles. The van der Waals surface area contributed by atoms with Crippen LogP contribution in [-0.4, -0.2) is 41.1 Å². The summed E-state index contributed by atoms with van der Waals surface area (Å²) in [6.45, 7) is 4.89. The van der Waals surface area contributed by atoms with Gasteiger partial charge in [-0.1, -0.05) is 0 Å². The monoisotopic (exact) mass is 319 g/mol. The predicted molar refractivity (Wildman–Crippen MR) is 93.3 cm³/mol. The molecule has 22 heavy (non-hydrogen) atoms. The second kappa shape index (κ2) is 8.58. The van der Waals surface area contributed by atoms with E-state index in [1.54, 1.807) is 11.3 Å². The van der Waals surface area contributed by atoms with Crippen molar-refractivity contribution in [3.05, 3.63) is 40.6 Å². The Morgan fingerprint density at radius 3 is 2.95 bits per heavy atom. The van der Waals surface area contributed by atoms with E-state index in [9.17, 15) is 0 Å². The largest absolute Gasteiger partial charge is 0.356 e. The van der Waals surface area contributed by atoms with E-state index in [1.165, 1.54) is 5.56 Å². The van der Waals surface area contributed by atoms with E-state index in [0.29, 0.717) is 0 Å². The zero-order valence-electron chi connectivity index (χ0n) is 13.6. The van der Waals surface area contributed by atoms with Crippen molar-refractivity contribution in [1.82, 2.24) is 19.8 Å². The van der Waals surface area contributed by atoms with Gasteiger partial charge in [-0.2, -0.15) is 11.3 Å². The summed E-state index contributed by atoms with van der Waals surface area (Å²) in [7, 11) is 3.91. The first-order chi connectivity index (χ1) is 10.7. The number of thiophene rings is 1. The molecule has 0 aliphatic carbocycles.